The summed E-state index contributed by atoms with van der Waals surface area (Å²) in [4.78, 5) is 0. The third-order valence-corrected chi connectivity index (χ3v) is 3.98. The minimum absolute atomic E-state index is 0.580. The van der Waals surface area contributed by atoms with Crippen LogP contribution >= 0.6 is 0 Å². The van der Waals surface area contributed by atoms with Crippen LogP contribution in [0.25, 0.3) is 0 Å². The SMILES string of the molecule is c1nnc([C@H]2CCCNC2)n1C1CCCC1. The normalized spacial score (nSPS) is 27.4. The zero-order chi connectivity index (χ0) is 10.8. The minimum atomic E-state index is 0.580. The molecule has 3 rings (SSSR count). The summed E-state index contributed by atoms with van der Waals surface area (Å²) in [6.45, 7) is 2.24. The molecule has 1 N–H and O–H groups in total. The second-order valence-corrected chi connectivity index (χ2v) is 5.08. The molecule has 16 heavy (non-hydrogen) atoms. The van der Waals surface area contributed by atoms with E-state index in [1.807, 2.05) is 6.33 Å². The quantitative estimate of drug-likeness (QED) is 0.827. The highest BCUT2D eigenvalue weighted by Crippen LogP contribution is 2.32. The molecule has 1 saturated heterocycles. The number of piperidine rings is 1. The molecule has 4 nitrogen and oxygen atoms in total. The maximum Gasteiger partial charge on any atom is 0.137 e. The molecule has 1 aromatic rings. The summed E-state index contributed by atoms with van der Waals surface area (Å²) in [7, 11) is 0. The molecular formula is C12H20N4. The van der Waals surface area contributed by atoms with Gasteiger partial charge >= 0.3 is 0 Å². The van der Waals surface area contributed by atoms with Crippen LogP contribution in [0.5, 0.6) is 0 Å². The van der Waals surface area contributed by atoms with Crippen molar-refractivity contribution in [2.45, 2.75) is 50.5 Å². The molecule has 0 aromatic carbocycles. The van der Waals surface area contributed by atoms with Gasteiger partial charge in [0.2, 0.25) is 0 Å². The van der Waals surface area contributed by atoms with Gasteiger partial charge in [-0.25, -0.2) is 0 Å². The van der Waals surface area contributed by atoms with Crippen molar-refractivity contribution in [3.8, 4) is 0 Å². The predicted molar refractivity (Wildman–Crippen MR) is 62.4 cm³/mol. The minimum Gasteiger partial charge on any atom is -0.316 e. The van der Waals surface area contributed by atoms with Crippen LogP contribution in [0.2, 0.25) is 0 Å². The van der Waals surface area contributed by atoms with Gasteiger partial charge in [0.1, 0.15) is 12.2 Å². The molecule has 1 aromatic heterocycles. The monoisotopic (exact) mass is 220 g/mol. The fraction of sp³-hybridized carbons (Fsp3) is 0.833. The topological polar surface area (TPSA) is 42.7 Å². The molecule has 2 heterocycles. The Balaban J connectivity index is 1.80. The highest BCUT2D eigenvalue weighted by atomic mass is 15.3. The van der Waals surface area contributed by atoms with Crippen LogP contribution in [-0.4, -0.2) is 27.9 Å². The van der Waals surface area contributed by atoms with Gasteiger partial charge in [-0.15, -0.1) is 10.2 Å². The number of hydrogen-bond acceptors (Lipinski definition) is 3. The van der Waals surface area contributed by atoms with Crippen LogP contribution in [0.4, 0.5) is 0 Å². The van der Waals surface area contributed by atoms with Gasteiger partial charge in [-0.1, -0.05) is 12.8 Å². The molecule has 1 aliphatic carbocycles. The van der Waals surface area contributed by atoms with Gasteiger partial charge in [0.25, 0.3) is 0 Å². The standard InChI is InChI=1S/C12H20N4/c1-2-6-11(5-1)16-9-14-15-12(16)10-4-3-7-13-8-10/h9-11,13H,1-8H2/t10-/m0/s1. The van der Waals surface area contributed by atoms with Crippen molar-refractivity contribution in [2.75, 3.05) is 13.1 Å². The van der Waals surface area contributed by atoms with Crippen molar-refractivity contribution >= 4 is 0 Å². The molecule has 4 heteroatoms. The number of nitrogens with zero attached hydrogens (tertiary/aromatic N) is 3. The first-order valence-corrected chi connectivity index (χ1v) is 6.55. The Labute approximate surface area is 96.4 Å². The molecule has 0 amide bonds. The second-order valence-electron chi connectivity index (χ2n) is 5.08. The summed E-state index contributed by atoms with van der Waals surface area (Å²) in [5.41, 5.74) is 0. The van der Waals surface area contributed by atoms with Gasteiger partial charge in [-0.3, -0.25) is 0 Å². The predicted octanol–water partition coefficient (Wildman–Crippen LogP) is 1.86. The van der Waals surface area contributed by atoms with E-state index in [0.29, 0.717) is 12.0 Å². The van der Waals surface area contributed by atoms with Crippen molar-refractivity contribution < 1.29 is 0 Å². The lowest BCUT2D eigenvalue weighted by Gasteiger charge is -2.24. The van der Waals surface area contributed by atoms with Gasteiger partial charge in [0.05, 0.1) is 0 Å². The van der Waals surface area contributed by atoms with Crippen molar-refractivity contribution in [2.24, 2.45) is 0 Å². The van der Waals surface area contributed by atoms with E-state index < -0.39 is 0 Å². The van der Waals surface area contributed by atoms with Crippen LogP contribution < -0.4 is 5.32 Å². The van der Waals surface area contributed by atoms with Gasteiger partial charge in [-0.2, -0.15) is 0 Å². The van der Waals surface area contributed by atoms with Gasteiger partial charge in [0.15, 0.2) is 0 Å². The van der Waals surface area contributed by atoms with Crippen LogP contribution in [-0.2, 0) is 0 Å². The Morgan fingerprint density at radius 1 is 1.19 bits per heavy atom. The maximum absolute atomic E-state index is 4.36. The summed E-state index contributed by atoms with van der Waals surface area (Å²) < 4.78 is 2.35. The third kappa shape index (κ3) is 1.86. The van der Waals surface area contributed by atoms with Crippen molar-refractivity contribution in [1.82, 2.24) is 20.1 Å². The highest BCUT2D eigenvalue weighted by molar-refractivity contribution is 5.01. The Morgan fingerprint density at radius 3 is 2.81 bits per heavy atom. The first-order chi connectivity index (χ1) is 7.95. The van der Waals surface area contributed by atoms with E-state index in [9.17, 15) is 0 Å². The van der Waals surface area contributed by atoms with E-state index in [2.05, 4.69) is 20.1 Å². The molecule has 0 spiro atoms. The first-order valence-electron chi connectivity index (χ1n) is 6.55. The van der Waals surface area contributed by atoms with E-state index in [1.54, 1.807) is 0 Å². The van der Waals surface area contributed by atoms with Gasteiger partial charge in [0, 0.05) is 18.5 Å². The van der Waals surface area contributed by atoms with Crippen molar-refractivity contribution in [1.29, 1.82) is 0 Å². The zero-order valence-corrected chi connectivity index (χ0v) is 9.73. The Hall–Kier alpha value is -0.900. The van der Waals surface area contributed by atoms with Crippen LogP contribution in [0, 0.1) is 0 Å². The fourth-order valence-electron chi connectivity index (χ4n) is 3.08. The lowest BCUT2D eigenvalue weighted by Crippen LogP contribution is -2.30. The molecule has 0 radical (unpaired) electrons. The average Bonchev–Trinajstić information content (AvgIpc) is 3.01. The smallest absolute Gasteiger partial charge is 0.137 e. The largest absolute Gasteiger partial charge is 0.316 e. The number of nitrogens with one attached hydrogen (secondary N) is 1. The molecule has 1 aliphatic heterocycles. The second kappa shape index (κ2) is 4.53. The van der Waals surface area contributed by atoms with Gasteiger partial charge < -0.3 is 9.88 Å². The molecule has 2 aliphatic rings. The van der Waals surface area contributed by atoms with E-state index in [0.717, 1.165) is 13.1 Å². The number of aromatic nitrogens is 3. The van der Waals surface area contributed by atoms with E-state index in [4.69, 9.17) is 0 Å². The van der Waals surface area contributed by atoms with Crippen molar-refractivity contribution in [3.63, 3.8) is 0 Å². The van der Waals surface area contributed by atoms with Gasteiger partial charge in [-0.05, 0) is 32.2 Å². The van der Waals surface area contributed by atoms with Crippen LogP contribution in [0.1, 0.15) is 56.3 Å². The zero-order valence-electron chi connectivity index (χ0n) is 9.73. The van der Waals surface area contributed by atoms with Crippen LogP contribution in [0.3, 0.4) is 0 Å². The van der Waals surface area contributed by atoms with Crippen molar-refractivity contribution in [3.05, 3.63) is 12.2 Å². The summed E-state index contributed by atoms with van der Waals surface area (Å²) in [5, 5.41) is 11.9. The van der Waals surface area contributed by atoms with Crippen LogP contribution in [0.15, 0.2) is 6.33 Å². The molecule has 2 fully saturated rings. The summed E-state index contributed by atoms with van der Waals surface area (Å²) >= 11 is 0. The summed E-state index contributed by atoms with van der Waals surface area (Å²) in [6, 6.07) is 0.673. The molecule has 1 atom stereocenters. The molecule has 0 bridgehead atoms. The summed E-state index contributed by atoms with van der Waals surface area (Å²) in [5.74, 6) is 1.80. The molecular weight excluding hydrogens is 200 g/mol. The Kier molecular flexibility index (Phi) is 2.91. The first kappa shape index (κ1) is 10.3. The Bertz CT molecular complexity index is 335. The molecule has 0 unspecified atom stereocenters. The lowest BCUT2D eigenvalue weighted by atomic mass is 9.98. The van der Waals surface area contributed by atoms with E-state index >= 15 is 0 Å². The van der Waals surface area contributed by atoms with E-state index in [1.165, 1.54) is 44.3 Å². The summed E-state index contributed by atoms with van der Waals surface area (Å²) in [6.07, 6.45) is 9.83. The lowest BCUT2D eigenvalue weighted by molar-refractivity contribution is 0.409. The average molecular weight is 220 g/mol. The third-order valence-electron chi connectivity index (χ3n) is 3.98. The molecule has 88 valence electrons. The highest BCUT2D eigenvalue weighted by Gasteiger charge is 2.25. The fourth-order valence-corrected chi connectivity index (χ4v) is 3.08. The number of rotatable bonds is 2. The Morgan fingerprint density at radius 2 is 2.06 bits per heavy atom. The maximum atomic E-state index is 4.36. The van der Waals surface area contributed by atoms with E-state index in [-0.39, 0.29) is 0 Å². The molecule has 1 saturated carbocycles. The number of hydrogen-bond donors (Lipinski definition) is 1.